The Morgan fingerprint density at radius 2 is 1.91 bits per heavy atom. The fourth-order valence-electron chi connectivity index (χ4n) is 3.99. The van der Waals surface area contributed by atoms with Crippen LogP contribution in [-0.2, 0) is 16.1 Å². The second kappa shape index (κ2) is 9.93. The van der Waals surface area contributed by atoms with Gasteiger partial charge in [0.25, 0.3) is 5.56 Å². The van der Waals surface area contributed by atoms with Crippen molar-refractivity contribution in [3.8, 4) is 0 Å². The highest BCUT2D eigenvalue weighted by molar-refractivity contribution is 7.98. The van der Waals surface area contributed by atoms with Crippen LogP contribution in [0.15, 0.2) is 103 Å². The third kappa shape index (κ3) is 4.67. The zero-order valence-electron chi connectivity index (χ0n) is 19.1. The molecule has 8 heteroatoms. The minimum atomic E-state index is -0.649. The molecule has 4 aromatic rings. The van der Waals surface area contributed by atoms with Gasteiger partial charge in [-0.15, -0.1) is 11.8 Å². The second-order valence-corrected chi connectivity index (χ2v) is 9.82. The van der Waals surface area contributed by atoms with Crippen LogP contribution < -0.4 is 14.9 Å². The van der Waals surface area contributed by atoms with Crippen molar-refractivity contribution in [3.63, 3.8) is 0 Å². The molecule has 1 aliphatic heterocycles. The molecule has 0 fully saturated rings. The molecule has 0 bridgehead atoms. The summed E-state index contributed by atoms with van der Waals surface area (Å²) in [4.78, 5) is 33.2. The van der Waals surface area contributed by atoms with E-state index >= 15 is 0 Å². The standard InChI is InChI=1S/C27H22N2O4S2/c1-17-23(26(31)33-16-18-7-4-3-5-8-18)24(19-10-12-21(34-2)13-11-19)29-25(30)22(35-27(29)28-17)15-20-9-6-14-32-20/h3-15,24H,16H2,1-2H3. The van der Waals surface area contributed by atoms with Crippen molar-refractivity contribution in [1.82, 2.24) is 4.57 Å². The summed E-state index contributed by atoms with van der Waals surface area (Å²) in [5, 5.41) is 0. The Bertz CT molecular complexity index is 1560. The molecule has 1 aliphatic rings. The van der Waals surface area contributed by atoms with Crippen molar-refractivity contribution >= 4 is 35.1 Å². The van der Waals surface area contributed by atoms with Gasteiger partial charge in [-0.2, -0.15) is 0 Å². The lowest BCUT2D eigenvalue weighted by molar-refractivity contribution is -0.140. The third-order valence-corrected chi connectivity index (χ3v) is 7.43. The summed E-state index contributed by atoms with van der Waals surface area (Å²) >= 11 is 2.90. The van der Waals surface area contributed by atoms with Gasteiger partial charge in [-0.3, -0.25) is 9.36 Å². The number of thiazole rings is 1. The van der Waals surface area contributed by atoms with E-state index in [0.717, 1.165) is 16.0 Å². The number of carbonyl (C=O) groups excluding carboxylic acids is 1. The average Bonchev–Trinajstić information content (AvgIpc) is 3.50. The van der Waals surface area contributed by atoms with Crippen LogP contribution in [0.2, 0.25) is 0 Å². The number of thioether (sulfide) groups is 1. The zero-order valence-corrected chi connectivity index (χ0v) is 20.8. The van der Waals surface area contributed by atoms with E-state index in [-0.39, 0.29) is 12.2 Å². The van der Waals surface area contributed by atoms with Gasteiger partial charge in [-0.1, -0.05) is 53.8 Å². The fraction of sp³-hybridized carbons (Fsp3) is 0.148. The highest BCUT2D eigenvalue weighted by atomic mass is 32.2. The van der Waals surface area contributed by atoms with Crippen molar-refractivity contribution in [2.24, 2.45) is 4.99 Å². The summed E-state index contributed by atoms with van der Waals surface area (Å²) in [6.45, 7) is 1.92. The summed E-state index contributed by atoms with van der Waals surface area (Å²) in [5.41, 5.74) is 2.36. The van der Waals surface area contributed by atoms with Gasteiger partial charge in [-0.05, 0) is 48.6 Å². The molecule has 0 aliphatic carbocycles. The van der Waals surface area contributed by atoms with Gasteiger partial charge < -0.3 is 9.15 Å². The maximum Gasteiger partial charge on any atom is 0.338 e. The highest BCUT2D eigenvalue weighted by Gasteiger charge is 2.33. The van der Waals surface area contributed by atoms with Gasteiger partial charge in [0.05, 0.1) is 28.1 Å². The number of aromatic nitrogens is 1. The summed E-state index contributed by atoms with van der Waals surface area (Å²) < 4.78 is 13.2. The molecule has 6 nitrogen and oxygen atoms in total. The number of ether oxygens (including phenoxy) is 1. The maximum atomic E-state index is 13.6. The summed E-state index contributed by atoms with van der Waals surface area (Å²) in [7, 11) is 0. The SMILES string of the molecule is CSc1ccc(C2C(C(=O)OCc3ccccc3)=C(C)N=c3sc(=Cc4ccco4)c(=O)n32)cc1. The molecule has 0 saturated carbocycles. The van der Waals surface area contributed by atoms with Crippen LogP contribution >= 0.6 is 23.1 Å². The van der Waals surface area contributed by atoms with Gasteiger partial charge in [0.1, 0.15) is 12.4 Å². The summed E-state index contributed by atoms with van der Waals surface area (Å²) in [6.07, 6.45) is 5.26. The number of hydrogen-bond donors (Lipinski definition) is 0. The van der Waals surface area contributed by atoms with Crippen molar-refractivity contribution in [1.29, 1.82) is 0 Å². The lowest BCUT2D eigenvalue weighted by Crippen LogP contribution is -2.39. The first-order valence-electron chi connectivity index (χ1n) is 11.0. The van der Waals surface area contributed by atoms with Gasteiger partial charge in [-0.25, -0.2) is 9.79 Å². The predicted octanol–water partition coefficient (Wildman–Crippen LogP) is 4.29. The Morgan fingerprint density at radius 3 is 2.60 bits per heavy atom. The van der Waals surface area contributed by atoms with E-state index in [4.69, 9.17) is 9.15 Å². The molecule has 0 amide bonds. The van der Waals surface area contributed by atoms with E-state index in [1.807, 2.05) is 60.9 Å². The number of benzene rings is 2. The van der Waals surface area contributed by atoms with Crippen molar-refractivity contribution in [2.45, 2.75) is 24.5 Å². The second-order valence-electron chi connectivity index (χ2n) is 7.93. The van der Waals surface area contributed by atoms with E-state index in [1.165, 1.54) is 11.3 Å². The maximum absolute atomic E-state index is 13.6. The predicted molar refractivity (Wildman–Crippen MR) is 137 cm³/mol. The highest BCUT2D eigenvalue weighted by Crippen LogP contribution is 2.32. The zero-order chi connectivity index (χ0) is 24.4. The number of fused-ring (bicyclic) bond motifs is 1. The topological polar surface area (TPSA) is 73.8 Å². The van der Waals surface area contributed by atoms with E-state index in [1.54, 1.807) is 47.7 Å². The molecule has 1 atom stereocenters. The molecule has 0 spiro atoms. The average molecular weight is 503 g/mol. The number of rotatable bonds is 6. The van der Waals surface area contributed by atoms with Gasteiger partial charge in [0.2, 0.25) is 0 Å². The summed E-state index contributed by atoms with van der Waals surface area (Å²) in [6, 6.07) is 20.3. The van der Waals surface area contributed by atoms with E-state index in [0.29, 0.717) is 26.4 Å². The van der Waals surface area contributed by atoms with Crippen LogP contribution in [0.3, 0.4) is 0 Å². The number of carbonyl (C=O) groups is 1. The number of hydrogen-bond acceptors (Lipinski definition) is 7. The molecule has 0 N–H and O–H groups in total. The molecular formula is C27H22N2O4S2. The Kier molecular flexibility index (Phi) is 6.57. The Hall–Kier alpha value is -3.62. The van der Waals surface area contributed by atoms with Crippen LogP contribution in [0.4, 0.5) is 0 Å². The molecule has 2 aromatic heterocycles. The Balaban J connectivity index is 1.61. The Morgan fingerprint density at radius 1 is 1.14 bits per heavy atom. The monoisotopic (exact) mass is 502 g/mol. The third-order valence-electron chi connectivity index (χ3n) is 5.70. The Labute approximate surface area is 209 Å². The minimum absolute atomic E-state index is 0.136. The fourth-order valence-corrected chi connectivity index (χ4v) is 5.42. The normalized spacial score (nSPS) is 15.6. The van der Waals surface area contributed by atoms with Crippen molar-refractivity contribution < 1.29 is 13.9 Å². The number of allylic oxidation sites excluding steroid dienone is 1. The number of nitrogens with zero attached hydrogens (tertiary/aromatic N) is 2. The van der Waals surface area contributed by atoms with E-state index < -0.39 is 12.0 Å². The molecule has 2 aromatic carbocycles. The molecule has 3 heterocycles. The quantitative estimate of drug-likeness (QED) is 0.290. The van der Waals surface area contributed by atoms with Crippen molar-refractivity contribution in [2.75, 3.05) is 6.26 Å². The minimum Gasteiger partial charge on any atom is -0.465 e. The van der Waals surface area contributed by atoms with E-state index in [9.17, 15) is 9.59 Å². The first-order chi connectivity index (χ1) is 17.0. The molecule has 0 saturated heterocycles. The van der Waals surface area contributed by atoms with Crippen LogP contribution in [0.25, 0.3) is 6.08 Å². The van der Waals surface area contributed by atoms with Crippen LogP contribution in [-0.4, -0.2) is 16.8 Å². The van der Waals surface area contributed by atoms with Crippen molar-refractivity contribution in [3.05, 3.63) is 121 Å². The molecule has 0 radical (unpaired) electrons. The van der Waals surface area contributed by atoms with Gasteiger partial charge in [0.15, 0.2) is 4.80 Å². The van der Waals surface area contributed by atoms with Crippen LogP contribution in [0, 0.1) is 0 Å². The summed E-state index contributed by atoms with van der Waals surface area (Å²) in [5.74, 6) is 0.0868. The first kappa shape index (κ1) is 23.1. The number of furan rings is 1. The van der Waals surface area contributed by atoms with Gasteiger partial charge in [0, 0.05) is 11.0 Å². The molecule has 176 valence electrons. The van der Waals surface area contributed by atoms with Crippen LogP contribution in [0.5, 0.6) is 0 Å². The largest absolute Gasteiger partial charge is 0.465 e. The molecule has 35 heavy (non-hydrogen) atoms. The smallest absolute Gasteiger partial charge is 0.338 e. The van der Waals surface area contributed by atoms with Crippen LogP contribution in [0.1, 0.15) is 29.9 Å². The lowest BCUT2D eigenvalue weighted by atomic mass is 9.96. The van der Waals surface area contributed by atoms with E-state index in [2.05, 4.69) is 4.99 Å². The molecular weight excluding hydrogens is 480 g/mol. The van der Waals surface area contributed by atoms with Gasteiger partial charge >= 0.3 is 5.97 Å². The number of esters is 1. The molecule has 5 rings (SSSR count). The first-order valence-corrected chi connectivity index (χ1v) is 13.0. The molecule has 1 unspecified atom stereocenters. The lowest BCUT2D eigenvalue weighted by Gasteiger charge is -2.25.